The predicted molar refractivity (Wildman–Crippen MR) is 102 cm³/mol. The van der Waals surface area contributed by atoms with Crippen molar-refractivity contribution in [3.8, 4) is 5.69 Å². The molecule has 0 amide bonds. The summed E-state index contributed by atoms with van der Waals surface area (Å²) < 4.78 is 1.87. The lowest BCUT2D eigenvalue weighted by atomic mass is 10.2. The molecule has 1 aromatic heterocycles. The molecule has 122 valence electrons. The number of hydrogen-bond acceptors (Lipinski definition) is 2. The third kappa shape index (κ3) is 4.00. The SMILES string of the molecule is Cc1ccc(NC(=S)N(C)Cc2cnn(-c3ccccc3)c2)cc1. The van der Waals surface area contributed by atoms with Gasteiger partial charge in [0.1, 0.15) is 0 Å². The number of anilines is 1. The largest absolute Gasteiger partial charge is 0.348 e. The van der Waals surface area contributed by atoms with Gasteiger partial charge in [0.25, 0.3) is 0 Å². The third-order valence-electron chi connectivity index (χ3n) is 3.73. The second-order valence-corrected chi connectivity index (χ2v) is 6.17. The molecule has 1 N–H and O–H groups in total. The number of benzene rings is 2. The number of para-hydroxylation sites is 1. The first-order valence-corrected chi connectivity index (χ1v) is 8.20. The van der Waals surface area contributed by atoms with E-state index in [-0.39, 0.29) is 0 Å². The number of nitrogens with zero attached hydrogens (tertiary/aromatic N) is 3. The molecule has 3 aromatic rings. The van der Waals surface area contributed by atoms with Crippen LogP contribution in [0.4, 0.5) is 5.69 Å². The number of nitrogens with one attached hydrogen (secondary N) is 1. The Kier molecular flexibility index (Phi) is 4.91. The van der Waals surface area contributed by atoms with E-state index in [9.17, 15) is 0 Å². The molecule has 3 rings (SSSR count). The molecule has 0 bridgehead atoms. The van der Waals surface area contributed by atoms with E-state index in [0.717, 1.165) is 16.9 Å². The van der Waals surface area contributed by atoms with Crippen LogP contribution >= 0.6 is 12.2 Å². The van der Waals surface area contributed by atoms with Crippen molar-refractivity contribution < 1.29 is 0 Å². The first-order chi connectivity index (χ1) is 11.6. The summed E-state index contributed by atoms with van der Waals surface area (Å²) in [5.41, 5.74) is 4.38. The van der Waals surface area contributed by atoms with E-state index in [1.165, 1.54) is 5.56 Å². The molecule has 4 nitrogen and oxygen atoms in total. The van der Waals surface area contributed by atoms with Crippen molar-refractivity contribution in [1.29, 1.82) is 0 Å². The molecule has 0 unspecified atom stereocenters. The maximum atomic E-state index is 5.48. The van der Waals surface area contributed by atoms with Crippen LogP contribution in [0.1, 0.15) is 11.1 Å². The summed E-state index contributed by atoms with van der Waals surface area (Å²) in [5.74, 6) is 0. The Bertz CT molecular complexity index is 809. The van der Waals surface area contributed by atoms with Crippen LogP contribution < -0.4 is 5.32 Å². The van der Waals surface area contributed by atoms with Gasteiger partial charge < -0.3 is 10.2 Å². The fourth-order valence-corrected chi connectivity index (χ4v) is 2.55. The molecule has 0 fully saturated rings. The molecule has 0 atom stereocenters. The normalized spacial score (nSPS) is 10.4. The zero-order valence-electron chi connectivity index (χ0n) is 13.8. The topological polar surface area (TPSA) is 33.1 Å². The van der Waals surface area contributed by atoms with Crippen LogP contribution in [-0.4, -0.2) is 26.8 Å². The van der Waals surface area contributed by atoms with Crippen LogP contribution in [0.25, 0.3) is 5.69 Å². The second kappa shape index (κ2) is 7.27. The standard InChI is InChI=1S/C19H20N4S/c1-15-8-10-17(11-9-15)21-19(24)22(2)13-16-12-20-23(14-16)18-6-4-3-5-7-18/h3-12,14H,13H2,1-2H3,(H,21,24). The summed E-state index contributed by atoms with van der Waals surface area (Å²) in [6.07, 6.45) is 3.90. The van der Waals surface area contributed by atoms with Crippen LogP contribution in [0, 0.1) is 6.92 Å². The van der Waals surface area contributed by atoms with E-state index in [1.54, 1.807) is 0 Å². The zero-order chi connectivity index (χ0) is 16.9. The van der Waals surface area contributed by atoms with E-state index in [2.05, 4.69) is 29.5 Å². The Labute approximate surface area is 147 Å². The van der Waals surface area contributed by atoms with E-state index in [4.69, 9.17) is 12.2 Å². The molecule has 0 aliphatic rings. The monoisotopic (exact) mass is 336 g/mol. The molecule has 1 heterocycles. The highest BCUT2D eigenvalue weighted by Crippen LogP contribution is 2.12. The Morgan fingerprint density at radius 3 is 2.54 bits per heavy atom. The fourth-order valence-electron chi connectivity index (χ4n) is 2.37. The lowest BCUT2D eigenvalue weighted by molar-refractivity contribution is 0.508. The summed E-state index contributed by atoms with van der Waals surface area (Å²) in [4.78, 5) is 2.00. The number of aryl methyl sites for hydroxylation is 1. The van der Waals surface area contributed by atoms with Gasteiger partial charge in [-0.3, -0.25) is 0 Å². The van der Waals surface area contributed by atoms with E-state index in [0.29, 0.717) is 11.7 Å². The highest BCUT2D eigenvalue weighted by molar-refractivity contribution is 7.80. The van der Waals surface area contributed by atoms with Crippen molar-refractivity contribution in [2.24, 2.45) is 0 Å². The van der Waals surface area contributed by atoms with E-state index in [1.807, 2.05) is 71.5 Å². The summed E-state index contributed by atoms with van der Waals surface area (Å²) in [6, 6.07) is 18.3. The van der Waals surface area contributed by atoms with Crippen molar-refractivity contribution in [2.45, 2.75) is 13.5 Å². The van der Waals surface area contributed by atoms with Gasteiger partial charge in [-0.15, -0.1) is 0 Å². The highest BCUT2D eigenvalue weighted by atomic mass is 32.1. The molecule has 5 heteroatoms. The van der Waals surface area contributed by atoms with Crippen LogP contribution in [0.3, 0.4) is 0 Å². The van der Waals surface area contributed by atoms with Gasteiger partial charge >= 0.3 is 0 Å². The first kappa shape index (κ1) is 16.2. The zero-order valence-corrected chi connectivity index (χ0v) is 14.6. The molecule has 0 aliphatic heterocycles. The van der Waals surface area contributed by atoms with Crippen LogP contribution in [0.5, 0.6) is 0 Å². The van der Waals surface area contributed by atoms with Crippen LogP contribution in [0.2, 0.25) is 0 Å². The predicted octanol–water partition coefficient (Wildman–Crippen LogP) is 4.01. The summed E-state index contributed by atoms with van der Waals surface area (Å²) in [7, 11) is 1.98. The summed E-state index contributed by atoms with van der Waals surface area (Å²) >= 11 is 5.48. The Balaban J connectivity index is 1.62. The Morgan fingerprint density at radius 2 is 1.83 bits per heavy atom. The van der Waals surface area contributed by atoms with Gasteiger partial charge in [0.15, 0.2) is 5.11 Å². The minimum Gasteiger partial charge on any atom is -0.348 e. The van der Waals surface area contributed by atoms with Gasteiger partial charge in [0.05, 0.1) is 11.9 Å². The minimum absolute atomic E-state index is 0.686. The van der Waals surface area contributed by atoms with E-state index >= 15 is 0 Å². The lowest BCUT2D eigenvalue weighted by Crippen LogP contribution is -2.30. The van der Waals surface area contributed by atoms with E-state index < -0.39 is 0 Å². The summed E-state index contributed by atoms with van der Waals surface area (Å²) in [5, 5.41) is 8.36. The molecule has 0 saturated heterocycles. The van der Waals surface area contributed by atoms with Gasteiger partial charge in [-0.05, 0) is 43.4 Å². The van der Waals surface area contributed by atoms with Crippen molar-refractivity contribution in [1.82, 2.24) is 14.7 Å². The van der Waals surface area contributed by atoms with Gasteiger partial charge in [0, 0.05) is 31.0 Å². The third-order valence-corrected chi connectivity index (χ3v) is 4.14. The molecule has 0 spiro atoms. The molecule has 0 radical (unpaired) electrons. The van der Waals surface area contributed by atoms with Crippen LogP contribution in [0.15, 0.2) is 67.0 Å². The molecular formula is C19H20N4S. The van der Waals surface area contributed by atoms with Crippen molar-refractivity contribution in [3.05, 3.63) is 78.1 Å². The minimum atomic E-state index is 0.686. The number of rotatable bonds is 4. The van der Waals surface area contributed by atoms with Crippen LogP contribution in [-0.2, 0) is 6.54 Å². The van der Waals surface area contributed by atoms with Crippen molar-refractivity contribution >= 4 is 23.0 Å². The number of aromatic nitrogens is 2. The van der Waals surface area contributed by atoms with Gasteiger partial charge in [-0.2, -0.15) is 5.10 Å². The Hall–Kier alpha value is -2.66. The average Bonchev–Trinajstić information content (AvgIpc) is 3.06. The fraction of sp³-hybridized carbons (Fsp3) is 0.158. The Morgan fingerprint density at radius 1 is 1.12 bits per heavy atom. The molecule has 0 saturated carbocycles. The van der Waals surface area contributed by atoms with Gasteiger partial charge in [-0.25, -0.2) is 4.68 Å². The van der Waals surface area contributed by atoms with Crippen molar-refractivity contribution in [3.63, 3.8) is 0 Å². The maximum Gasteiger partial charge on any atom is 0.173 e. The second-order valence-electron chi connectivity index (χ2n) is 5.78. The smallest absolute Gasteiger partial charge is 0.173 e. The molecule has 2 aromatic carbocycles. The van der Waals surface area contributed by atoms with Gasteiger partial charge in [-0.1, -0.05) is 35.9 Å². The summed E-state index contributed by atoms with van der Waals surface area (Å²) in [6.45, 7) is 2.77. The quantitative estimate of drug-likeness (QED) is 0.730. The number of hydrogen-bond donors (Lipinski definition) is 1. The molecule has 0 aliphatic carbocycles. The lowest BCUT2D eigenvalue weighted by Gasteiger charge is -2.20. The highest BCUT2D eigenvalue weighted by Gasteiger charge is 2.08. The first-order valence-electron chi connectivity index (χ1n) is 7.79. The maximum absolute atomic E-state index is 5.48. The van der Waals surface area contributed by atoms with Crippen molar-refractivity contribution in [2.75, 3.05) is 12.4 Å². The average molecular weight is 336 g/mol. The molecular weight excluding hydrogens is 316 g/mol. The molecule has 24 heavy (non-hydrogen) atoms. The van der Waals surface area contributed by atoms with Gasteiger partial charge in [0.2, 0.25) is 0 Å². The number of thiocarbonyl (C=S) groups is 1.